The van der Waals surface area contributed by atoms with Gasteiger partial charge in [-0.25, -0.2) is 0 Å². The Labute approximate surface area is 218 Å². The highest BCUT2D eigenvalue weighted by Crippen LogP contribution is 2.43. The molecule has 2 aliphatic rings. The van der Waals surface area contributed by atoms with Crippen molar-refractivity contribution in [1.29, 1.82) is 0 Å². The molecule has 1 aliphatic carbocycles. The highest BCUT2D eigenvalue weighted by Gasteiger charge is 2.47. The number of Topliss-reactive ketones (excluding diaryl/α,β-unsaturated/α-hetero) is 1. The number of hydrogen-bond donors (Lipinski definition) is 1. The quantitative estimate of drug-likeness (QED) is 0.240. The normalized spacial score (nSPS) is 18.8. The van der Waals surface area contributed by atoms with Crippen LogP contribution in [0.25, 0.3) is 5.76 Å². The number of aliphatic hydroxyl groups is 1. The minimum Gasteiger partial charge on any atom is -0.507 e. The van der Waals surface area contributed by atoms with Crippen molar-refractivity contribution < 1.29 is 19.4 Å². The van der Waals surface area contributed by atoms with Gasteiger partial charge in [0, 0.05) is 11.3 Å². The molecule has 190 valence electrons. The Morgan fingerprint density at radius 3 is 2.49 bits per heavy atom. The second kappa shape index (κ2) is 10.3. The molecule has 0 spiro atoms. The van der Waals surface area contributed by atoms with Gasteiger partial charge in [-0.05, 0) is 91.1 Å². The standard InChI is InChI=1S/C32H33NO4/c1-20(2)19-37-27-13-7-11-24(18-27)29-28(30(34)25-15-14-22-9-4-5-10-23(22)17-25)31(35)32(36)33(29)26-12-6-8-21(3)16-26/h6-8,11-18,20,29,34H,4-5,9-10,19H2,1-3H3/b30-28-. The number of carbonyl (C=O) groups excluding carboxylic acids is 2. The van der Waals surface area contributed by atoms with Gasteiger partial charge in [0.1, 0.15) is 11.5 Å². The Balaban J connectivity index is 1.66. The van der Waals surface area contributed by atoms with Gasteiger partial charge in [0.05, 0.1) is 18.2 Å². The minimum atomic E-state index is -0.777. The van der Waals surface area contributed by atoms with Crippen LogP contribution in [-0.4, -0.2) is 23.4 Å². The number of benzene rings is 3. The zero-order valence-electron chi connectivity index (χ0n) is 21.7. The first-order chi connectivity index (χ1) is 17.8. The third-order valence-electron chi connectivity index (χ3n) is 7.10. The van der Waals surface area contributed by atoms with Crippen LogP contribution in [0.4, 0.5) is 5.69 Å². The molecule has 1 fully saturated rings. The molecule has 0 aromatic heterocycles. The van der Waals surface area contributed by atoms with E-state index in [1.54, 1.807) is 0 Å². The van der Waals surface area contributed by atoms with Gasteiger partial charge >= 0.3 is 0 Å². The van der Waals surface area contributed by atoms with E-state index in [1.165, 1.54) is 16.0 Å². The smallest absolute Gasteiger partial charge is 0.300 e. The van der Waals surface area contributed by atoms with Crippen molar-refractivity contribution in [3.63, 3.8) is 0 Å². The largest absolute Gasteiger partial charge is 0.507 e. The van der Waals surface area contributed by atoms with Gasteiger partial charge in [0.25, 0.3) is 11.7 Å². The van der Waals surface area contributed by atoms with Crippen molar-refractivity contribution in [2.45, 2.75) is 52.5 Å². The van der Waals surface area contributed by atoms with E-state index < -0.39 is 17.7 Å². The number of ketones is 1. The van der Waals surface area contributed by atoms with Gasteiger partial charge in [-0.2, -0.15) is 0 Å². The van der Waals surface area contributed by atoms with E-state index in [0.29, 0.717) is 35.1 Å². The fourth-order valence-corrected chi connectivity index (χ4v) is 5.27. The molecular formula is C32H33NO4. The average Bonchev–Trinajstić information content (AvgIpc) is 3.17. The maximum atomic E-state index is 13.5. The fourth-order valence-electron chi connectivity index (χ4n) is 5.27. The summed E-state index contributed by atoms with van der Waals surface area (Å²) in [6, 6.07) is 20.1. The molecule has 1 saturated heterocycles. The summed E-state index contributed by atoms with van der Waals surface area (Å²) in [5.41, 5.74) is 5.45. The monoisotopic (exact) mass is 495 g/mol. The highest BCUT2D eigenvalue weighted by atomic mass is 16.5. The number of anilines is 1. The number of aryl methyl sites for hydroxylation is 3. The van der Waals surface area contributed by atoms with Gasteiger partial charge in [0.2, 0.25) is 0 Å². The number of carbonyl (C=O) groups is 2. The van der Waals surface area contributed by atoms with Crippen LogP contribution >= 0.6 is 0 Å². The molecule has 0 bridgehead atoms. The SMILES string of the molecule is Cc1cccc(N2C(=O)C(=O)/C(=C(\O)c3ccc4c(c3)CCCC4)C2c2cccc(OCC(C)C)c2)c1. The molecule has 3 aromatic rings. The molecule has 3 aromatic carbocycles. The molecule has 5 rings (SSSR count). The molecule has 1 unspecified atom stereocenters. The molecule has 37 heavy (non-hydrogen) atoms. The second-order valence-corrected chi connectivity index (χ2v) is 10.5. The molecule has 5 nitrogen and oxygen atoms in total. The van der Waals surface area contributed by atoms with Crippen LogP contribution in [0.3, 0.4) is 0 Å². The number of ether oxygens (including phenoxy) is 1. The summed E-state index contributed by atoms with van der Waals surface area (Å²) < 4.78 is 5.96. The molecule has 0 saturated carbocycles. The van der Waals surface area contributed by atoms with Crippen LogP contribution in [0, 0.1) is 12.8 Å². The third-order valence-corrected chi connectivity index (χ3v) is 7.10. The third kappa shape index (κ3) is 4.91. The van der Waals surface area contributed by atoms with E-state index >= 15 is 0 Å². The van der Waals surface area contributed by atoms with E-state index in [0.717, 1.165) is 31.2 Å². The molecule has 1 aliphatic heterocycles. The van der Waals surface area contributed by atoms with E-state index in [2.05, 4.69) is 13.8 Å². The topological polar surface area (TPSA) is 66.8 Å². The number of nitrogens with zero attached hydrogens (tertiary/aromatic N) is 1. The molecule has 1 heterocycles. The number of rotatable bonds is 6. The van der Waals surface area contributed by atoms with Gasteiger partial charge in [-0.1, -0.05) is 50.2 Å². The summed E-state index contributed by atoms with van der Waals surface area (Å²) in [4.78, 5) is 28.5. The van der Waals surface area contributed by atoms with Crippen molar-refractivity contribution in [3.05, 3.63) is 100 Å². The Morgan fingerprint density at radius 1 is 0.973 bits per heavy atom. The molecule has 1 atom stereocenters. The van der Waals surface area contributed by atoms with Crippen LogP contribution in [0.15, 0.2) is 72.3 Å². The number of hydrogen-bond acceptors (Lipinski definition) is 4. The van der Waals surface area contributed by atoms with Crippen LogP contribution in [0.1, 0.15) is 60.5 Å². The Kier molecular flexibility index (Phi) is 6.88. The lowest BCUT2D eigenvalue weighted by Gasteiger charge is -2.26. The van der Waals surface area contributed by atoms with E-state index in [1.807, 2.05) is 73.7 Å². The number of aliphatic hydroxyl groups excluding tert-OH is 1. The minimum absolute atomic E-state index is 0.100. The summed E-state index contributed by atoms with van der Waals surface area (Å²) in [6.45, 7) is 6.66. The van der Waals surface area contributed by atoms with E-state index in [-0.39, 0.29) is 11.3 Å². The van der Waals surface area contributed by atoms with Crippen molar-refractivity contribution in [2.24, 2.45) is 5.92 Å². The number of amides is 1. The van der Waals surface area contributed by atoms with Crippen molar-refractivity contribution in [2.75, 3.05) is 11.5 Å². The Bertz CT molecular complexity index is 1390. The van der Waals surface area contributed by atoms with Crippen molar-refractivity contribution in [1.82, 2.24) is 0 Å². The van der Waals surface area contributed by atoms with Crippen molar-refractivity contribution >= 4 is 23.1 Å². The highest BCUT2D eigenvalue weighted by molar-refractivity contribution is 6.51. The first-order valence-electron chi connectivity index (χ1n) is 13.1. The second-order valence-electron chi connectivity index (χ2n) is 10.5. The lowest BCUT2D eigenvalue weighted by Crippen LogP contribution is -2.29. The Hall–Kier alpha value is -3.86. The molecule has 1 N–H and O–H groups in total. The average molecular weight is 496 g/mol. The summed E-state index contributed by atoms with van der Waals surface area (Å²) in [7, 11) is 0. The zero-order valence-corrected chi connectivity index (χ0v) is 21.7. The maximum absolute atomic E-state index is 13.5. The fraction of sp³-hybridized carbons (Fsp3) is 0.312. The van der Waals surface area contributed by atoms with Gasteiger partial charge in [-0.3, -0.25) is 14.5 Å². The molecule has 5 heteroatoms. The number of fused-ring (bicyclic) bond motifs is 1. The van der Waals surface area contributed by atoms with Crippen LogP contribution in [0.2, 0.25) is 0 Å². The molecular weight excluding hydrogens is 462 g/mol. The van der Waals surface area contributed by atoms with Crippen LogP contribution in [0.5, 0.6) is 5.75 Å². The summed E-state index contributed by atoms with van der Waals surface area (Å²) >= 11 is 0. The first-order valence-corrected chi connectivity index (χ1v) is 13.1. The predicted molar refractivity (Wildman–Crippen MR) is 146 cm³/mol. The van der Waals surface area contributed by atoms with Crippen molar-refractivity contribution in [3.8, 4) is 5.75 Å². The predicted octanol–water partition coefficient (Wildman–Crippen LogP) is 6.53. The van der Waals surface area contributed by atoms with Crippen LogP contribution < -0.4 is 9.64 Å². The molecule has 1 amide bonds. The summed E-state index contributed by atoms with van der Waals surface area (Å²) in [5.74, 6) is -0.459. The van der Waals surface area contributed by atoms with Crippen LogP contribution in [-0.2, 0) is 22.4 Å². The lowest BCUT2D eigenvalue weighted by atomic mass is 9.88. The first kappa shape index (κ1) is 24.8. The zero-order chi connectivity index (χ0) is 26.1. The summed E-state index contributed by atoms with van der Waals surface area (Å²) in [6.07, 6.45) is 4.25. The van der Waals surface area contributed by atoms with Gasteiger partial charge < -0.3 is 9.84 Å². The Morgan fingerprint density at radius 2 is 1.73 bits per heavy atom. The van der Waals surface area contributed by atoms with E-state index in [9.17, 15) is 14.7 Å². The van der Waals surface area contributed by atoms with Gasteiger partial charge in [-0.15, -0.1) is 0 Å². The summed E-state index contributed by atoms with van der Waals surface area (Å²) in [5, 5.41) is 11.6. The molecule has 0 radical (unpaired) electrons. The van der Waals surface area contributed by atoms with E-state index in [4.69, 9.17) is 4.74 Å². The maximum Gasteiger partial charge on any atom is 0.300 e. The van der Waals surface area contributed by atoms with Gasteiger partial charge in [0.15, 0.2) is 0 Å². The lowest BCUT2D eigenvalue weighted by molar-refractivity contribution is -0.132.